The van der Waals surface area contributed by atoms with Crippen LogP contribution in [-0.4, -0.2) is 10.9 Å². The summed E-state index contributed by atoms with van der Waals surface area (Å²) in [6.07, 6.45) is 4.95. The average molecular weight is 186 g/mol. The van der Waals surface area contributed by atoms with Gasteiger partial charge in [0.2, 0.25) is 5.91 Å². The molecule has 3 N–H and O–H groups in total. The highest BCUT2D eigenvalue weighted by Gasteiger charge is 1.97. The molecule has 70 valence electrons. The van der Waals surface area contributed by atoms with Crippen LogP contribution in [0.15, 0.2) is 36.5 Å². The molecule has 0 radical (unpaired) electrons. The van der Waals surface area contributed by atoms with Gasteiger partial charge in [-0.3, -0.25) is 4.79 Å². The van der Waals surface area contributed by atoms with Crippen LogP contribution >= 0.6 is 0 Å². The van der Waals surface area contributed by atoms with Crippen LogP contribution < -0.4 is 5.73 Å². The van der Waals surface area contributed by atoms with Crippen molar-refractivity contribution in [1.82, 2.24) is 4.98 Å². The Labute approximate surface area is 81.2 Å². The van der Waals surface area contributed by atoms with Crippen molar-refractivity contribution in [3.05, 3.63) is 42.1 Å². The molecular weight excluding hydrogens is 176 g/mol. The fraction of sp³-hybridized carbons (Fsp3) is 0. The lowest BCUT2D eigenvalue weighted by Gasteiger charge is -1.95. The first kappa shape index (κ1) is 8.56. The van der Waals surface area contributed by atoms with Crippen LogP contribution in [0.1, 0.15) is 5.56 Å². The lowest BCUT2D eigenvalue weighted by atomic mass is 10.1. The molecule has 3 heteroatoms. The number of amides is 1. The third-order valence-electron chi connectivity index (χ3n) is 2.06. The monoisotopic (exact) mass is 186 g/mol. The Kier molecular flexibility index (Phi) is 2.07. The molecule has 2 aromatic rings. The van der Waals surface area contributed by atoms with Gasteiger partial charge in [-0.15, -0.1) is 0 Å². The molecule has 1 aromatic heterocycles. The van der Waals surface area contributed by atoms with E-state index >= 15 is 0 Å². The van der Waals surface area contributed by atoms with Gasteiger partial charge in [0.15, 0.2) is 0 Å². The largest absolute Gasteiger partial charge is 0.366 e. The third-order valence-corrected chi connectivity index (χ3v) is 2.06. The van der Waals surface area contributed by atoms with Crippen molar-refractivity contribution in [3.8, 4) is 0 Å². The number of hydrogen-bond acceptors (Lipinski definition) is 1. The van der Waals surface area contributed by atoms with Crippen LogP contribution in [0, 0.1) is 0 Å². The molecule has 1 aromatic carbocycles. The number of aromatic amines is 1. The van der Waals surface area contributed by atoms with Gasteiger partial charge in [0.1, 0.15) is 0 Å². The van der Waals surface area contributed by atoms with E-state index in [4.69, 9.17) is 5.73 Å². The highest BCUT2D eigenvalue weighted by molar-refractivity contribution is 5.95. The SMILES string of the molecule is NC(=O)C=Cc1cccc2[nH]ccc12. The number of benzene rings is 1. The predicted octanol–water partition coefficient (Wildman–Crippen LogP) is 1.67. The zero-order valence-corrected chi connectivity index (χ0v) is 7.53. The number of nitrogens with two attached hydrogens (primary N) is 1. The van der Waals surface area contributed by atoms with E-state index in [1.807, 2.05) is 30.5 Å². The summed E-state index contributed by atoms with van der Waals surface area (Å²) < 4.78 is 0. The summed E-state index contributed by atoms with van der Waals surface area (Å²) in [6.45, 7) is 0. The zero-order valence-electron chi connectivity index (χ0n) is 7.53. The molecule has 0 aliphatic rings. The minimum atomic E-state index is -0.433. The highest BCUT2D eigenvalue weighted by atomic mass is 16.1. The summed E-state index contributed by atoms with van der Waals surface area (Å²) in [7, 11) is 0. The van der Waals surface area contributed by atoms with Crippen molar-refractivity contribution >= 4 is 22.9 Å². The molecule has 3 nitrogen and oxygen atoms in total. The Bertz CT molecular complexity index is 497. The van der Waals surface area contributed by atoms with Gasteiger partial charge in [-0.2, -0.15) is 0 Å². The molecule has 1 amide bonds. The maximum Gasteiger partial charge on any atom is 0.241 e. The second kappa shape index (κ2) is 3.38. The summed E-state index contributed by atoms with van der Waals surface area (Å²) in [5.41, 5.74) is 7.07. The van der Waals surface area contributed by atoms with E-state index in [1.54, 1.807) is 6.08 Å². The summed E-state index contributed by atoms with van der Waals surface area (Å²) in [4.78, 5) is 13.7. The minimum absolute atomic E-state index is 0.433. The number of fused-ring (bicyclic) bond motifs is 1. The molecular formula is C11H10N2O. The van der Waals surface area contributed by atoms with Gasteiger partial charge >= 0.3 is 0 Å². The average Bonchev–Trinajstić information content (AvgIpc) is 2.62. The minimum Gasteiger partial charge on any atom is -0.366 e. The molecule has 0 saturated heterocycles. The van der Waals surface area contributed by atoms with Crippen LogP contribution in [0.25, 0.3) is 17.0 Å². The van der Waals surface area contributed by atoms with Crippen molar-refractivity contribution < 1.29 is 4.79 Å². The molecule has 0 unspecified atom stereocenters. The number of primary amides is 1. The van der Waals surface area contributed by atoms with Gasteiger partial charge in [0, 0.05) is 23.2 Å². The van der Waals surface area contributed by atoms with Crippen molar-refractivity contribution in [2.45, 2.75) is 0 Å². The molecule has 0 fully saturated rings. The van der Waals surface area contributed by atoms with E-state index in [-0.39, 0.29) is 0 Å². The molecule has 0 bridgehead atoms. The smallest absolute Gasteiger partial charge is 0.241 e. The fourth-order valence-corrected chi connectivity index (χ4v) is 1.43. The fourth-order valence-electron chi connectivity index (χ4n) is 1.43. The number of carbonyl (C=O) groups is 1. The Balaban J connectivity index is 2.51. The summed E-state index contributed by atoms with van der Waals surface area (Å²) >= 11 is 0. The number of nitrogens with one attached hydrogen (secondary N) is 1. The van der Waals surface area contributed by atoms with Crippen molar-refractivity contribution in [3.63, 3.8) is 0 Å². The van der Waals surface area contributed by atoms with Crippen molar-refractivity contribution in [1.29, 1.82) is 0 Å². The van der Waals surface area contributed by atoms with E-state index in [1.165, 1.54) is 6.08 Å². The van der Waals surface area contributed by atoms with Gasteiger partial charge in [0.05, 0.1) is 0 Å². The van der Waals surface area contributed by atoms with Crippen LogP contribution in [-0.2, 0) is 4.79 Å². The number of carbonyl (C=O) groups excluding carboxylic acids is 1. The van der Waals surface area contributed by atoms with Gasteiger partial charge in [-0.05, 0) is 23.8 Å². The van der Waals surface area contributed by atoms with E-state index in [9.17, 15) is 4.79 Å². The summed E-state index contributed by atoms with van der Waals surface area (Å²) in [5.74, 6) is -0.433. The molecule has 0 saturated carbocycles. The maximum absolute atomic E-state index is 10.6. The number of aromatic nitrogens is 1. The van der Waals surface area contributed by atoms with E-state index < -0.39 is 5.91 Å². The summed E-state index contributed by atoms with van der Waals surface area (Å²) in [5, 5.41) is 1.09. The van der Waals surface area contributed by atoms with Crippen LogP contribution in [0.3, 0.4) is 0 Å². The second-order valence-electron chi connectivity index (χ2n) is 3.02. The molecule has 14 heavy (non-hydrogen) atoms. The van der Waals surface area contributed by atoms with Crippen LogP contribution in [0.5, 0.6) is 0 Å². The topological polar surface area (TPSA) is 58.9 Å². The first-order valence-electron chi connectivity index (χ1n) is 4.31. The highest BCUT2D eigenvalue weighted by Crippen LogP contribution is 2.18. The predicted molar refractivity (Wildman–Crippen MR) is 56.5 cm³/mol. The quantitative estimate of drug-likeness (QED) is 0.688. The van der Waals surface area contributed by atoms with Gasteiger partial charge in [-0.25, -0.2) is 0 Å². The van der Waals surface area contributed by atoms with Crippen LogP contribution in [0.4, 0.5) is 0 Å². The van der Waals surface area contributed by atoms with E-state index in [0.29, 0.717) is 0 Å². The van der Waals surface area contributed by atoms with Gasteiger partial charge in [-0.1, -0.05) is 12.1 Å². The lowest BCUT2D eigenvalue weighted by molar-refractivity contribution is -0.113. The lowest BCUT2D eigenvalue weighted by Crippen LogP contribution is -2.05. The molecule has 2 rings (SSSR count). The Morgan fingerprint density at radius 1 is 1.36 bits per heavy atom. The number of H-pyrrole nitrogens is 1. The number of hydrogen-bond donors (Lipinski definition) is 2. The normalized spacial score (nSPS) is 11.1. The number of rotatable bonds is 2. The first-order valence-corrected chi connectivity index (χ1v) is 4.31. The Morgan fingerprint density at radius 3 is 3.00 bits per heavy atom. The molecule has 0 spiro atoms. The van der Waals surface area contributed by atoms with E-state index in [0.717, 1.165) is 16.5 Å². The molecule has 1 heterocycles. The van der Waals surface area contributed by atoms with Gasteiger partial charge < -0.3 is 10.7 Å². The third kappa shape index (κ3) is 1.52. The zero-order chi connectivity index (χ0) is 9.97. The molecule has 0 atom stereocenters. The first-order chi connectivity index (χ1) is 6.77. The van der Waals surface area contributed by atoms with Gasteiger partial charge in [0.25, 0.3) is 0 Å². The molecule has 0 aliphatic heterocycles. The Hall–Kier alpha value is -2.03. The maximum atomic E-state index is 10.6. The van der Waals surface area contributed by atoms with Crippen LogP contribution in [0.2, 0.25) is 0 Å². The van der Waals surface area contributed by atoms with E-state index in [2.05, 4.69) is 4.98 Å². The van der Waals surface area contributed by atoms with Crippen molar-refractivity contribution in [2.75, 3.05) is 0 Å². The second-order valence-corrected chi connectivity index (χ2v) is 3.02. The Morgan fingerprint density at radius 2 is 2.21 bits per heavy atom. The summed E-state index contributed by atoms with van der Waals surface area (Å²) in [6, 6.07) is 7.82. The van der Waals surface area contributed by atoms with Crippen molar-refractivity contribution in [2.24, 2.45) is 5.73 Å². The standard InChI is InChI=1S/C11H10N2O/c12-11(14)5-4-8-2-1-3-10-9(8)6-7-13-10/h1-7,13H,(H2,12,14). The molecule has 0 aliphatic carbocycles.